The minimum atomic E-state index is -0.225. The summed E-state index contributed by atoms with van der Waals surface area (Å²) in [5.41, 5.74) is 5.58. The Morgan fingerprint density at radius 3 is 2.33 bits per heavy atom. The second-order valence-corrected chi connectivity index (χ2v) is 3.22. The van der Waals surface area contributed by atoms with Crippen LogP contribution in [0.4, 0.5) is 0 Å². The SMILES string of the molecule is C[C@H](O)[C@]1(CN)C[C@@H]1C. The smallest absolute Gasteiger partial charge is 0.0583 e. The van der Waals surface area contributed by atoms with Crippen molar-refractivity contribution in [3.63, 3.8) is 0 Å². The lowest BCUT2D eigenvalue weighted by Gasteiger charge is -2.16. The molecule has 0 heterocycles. The van der Waals surface area contributed by atoms with Crippen molar-refractivity contribution in [2.45, 2.75) is 26.4 Å². The summed E-state index contributed by atoms with van der Waals surface area (Å²) in [5, 5.41) is 9.23. The summed E-state index contributed by atoms with van der Waals surface area (Å²) in [7, 11) is 0. The molecule has 1 aliphatic carbocycles. The van der Waals surface area contributed by atoms with Gasteiger partial charge >= 0.3 is 0 Å². The highest BCUT2D eigenvalue weighted by molar-refractivity contribution is 5.03. The maximum atomic E-state index is 9.23. The zero-order chi connectivity index (χ0) is 7.07. The van der Waals surface area contributed by atoms with Crippen LogP contribution < -0.4 is 5.73 Å². The molecule has 1 aliphatic rings. The molecule has 3 atom stereocenters. The first kappa shape index (κ1) is 7.03. The summed E-state index contributed by atoms with van der Waals surface area (Å²) in [5.74, 6) is 0.627. The quantitative estimate of drug-likeness (QED) is 0.565. The third-order valence-corrected chi connectivity index (χ3v) is 2.72. The van der Waals surface area contributed by atoms with E-state index in [-0.39, 0.29) is 11.5 Å². The van der Waals surface area contributed by atoms with Crippen molar-refractivity contribution in [2.75, 3.05) is 6.54 Å². The standard InChI is InChI=1S/C7H15NO/c1-5-3-7(5,4-8)6(2)9/h5-6,9H,3-4,8H2,1-2H3/t5-,6-,7-/m0/s1. The first-order chi connectivity index (χ1) is 4.13. The third kappa shape index (κ3) is 0.864. The van der Waals surface area contributed by atoms with Gasteiger partial charge in [-0.2, -0.15) is 0 Å². The second kappa shape index (κ2) is 1.96. The van der Waals surface area contributed by atoms with Gasteiger partial charge in [0.1, 0.15) is 0 Å². The third-order valence-electron chi connectivity index (χ3n) is 2.72. The van der Waals surface area contributed by atoms with Gasteiger partial charge in [-0.25, -0.2) is 0 Å². The molecule has 0 aromatic carbocycles. The monoisotopic (exact) mass is 129 g/mol. The number of nitrogens with two attached hydrogens (primary N) is 1. The van der Waals surface area contributed by atoms with E-state index in [9.17, 15) is 5.11 Å². The van der Waals surface area contributed by atoms with Crippen molar-refractivity contribution in [1.82, 2.24) is 0 Å². The largest absolute Gasteiger partial charge is 0.393 e. The Labute approximate surface area is 56.1 Å². The lowest BCUT2D eigenvalue weighted by Crippen LogP contribution is -2.28. The maximum absolute atomic E-state index is 9.23. The zero-order valence-corrected chi connectivity index (χ0v) is 6.09. The molecular weight excluding hydrogens is 114 g/mol. The predicted octanol–water partition coefficient (Wildman–Crippen LogP) is 0.352. The minimum absolute atomic E-state index is 0.0833. The molecule has 1 saturated carbocycles. The topological polar surface area (TPSA) is 46.2 Å². The fourth-order valence-corrected chi connectivity index (χ4v) is 1.55. The molecule has 0 spiro atoms. The first-order valence-electron chi connectivity index (χ1n) is 3.51. The Morgan fingerprint density at radius 2 is 2.33 bits per heavy atom. The average Bonchev–Trinajstić information content (AvgIpc) is 2.43. The molecule has 0 aliphatic heterocycles. The van der Waals surface area contributed by atoms with E-state index >= 15 is 0 Å². The van der Waals surface area contributed by atoms with Crippen molar-refractivity contribution in [3.05, 3.63) is 0 Å². The number of hydrogen-bond acceptors (Lipinski definition) is 2. The Morgan fingerprint density at radius 1 is 1.89 bits per heavy atom. The van der Waals surface area contributed by atoms with Crippen LogP contribution in [0.2, 0.25) is 0 Å². The van der Waals surface area contributed by atoms with E-state index in [0.29, 0.717) is 12.5 Å². The molecule has 0 unspecified atom stereocenters. The van der Waals surface area contributed by atoms with E-state index in [1.165, 1.54) is 0 Å². The lowest BCUT2D eigenvalue weighted by molar-refractivity contribution is 0.106. The molecule has 2 heteroatoms. The van der Waals surface area contributed by atoms with Gasteiger partial charge in [0.25, 0.3) is 0 Å². The summed E-state index contributed by atoms with van der Waals surface area (Å²) in [6.45, 7) is 4.60. The van der Waals surface area contributed by atoms with Crippen LogP contribution in [0.3, 0.4) is 0 Å². The molecule has 0 saturated heterocycles. The summed E-state index contributed by atoms with van der Waals surface area (Å²) < 4.78 is 0. The van der Waals surface area contributed by atoms with E-state index in [2.05, 4.69) is 6.92 Å². The molecule has 54 valence electrons. The van der Waals surface area contributed by atoms with Crippen molar-refractivity contribution in [2.24, 2.45) is 17.1 Å². The highest BCUT2D eigenvalue weighted by Gasteiger charge is 2.53. The second-order valence-electron chi connectivity index (χ2n) is 3.22. The Balaban J connectivity index is 2.52. The highest BCUT2D eigenvalue weighted by atomic mass is 16.3. The van der Waals surface area contributed by atoms with Crippen LogP contribution in [0.25, 0.3) is 0 Å². The molecule has 0 bridgehead atoms. The number of aliphatic hydroxyl groups excluding tert-OH is 1. The fourth-order valence-electron chi connectivity index (χ4n) is 1.55. The molecule has 0 aromatic rings. The van der Waals surface area contributed by atoms with Gasteiger partial charge in [0.2, 0.25) is 0 Å². The summed E-state index contributed by atoms with van der Waals surface area (Å²) in [6.07, 6.45) is 0.874. The van der Waals surface area contributed by atoms with Crippen LogP contribution >= 0.6 is 0 Å². The van der Waals surface area contributed by atoms with Crippen LogP contribution in [-0.2, 0) is 0 Å². The van der Waals surface area contributed by atoms with E-state index in [1.54, 1.807) is 0 Å². The van der Waals surface area contributed by atoms with Gasteiger partial charge < -0.3 is 10.8 Å². The molecule has 3 N–H and O–H groups in total. The van der Waals surface area contributed by atoms with Crippen molar-refractivity contribution < 1.29 is 5.11 Å². The van der Waals surface area contributed by atoms with Gasteiger partial charge in [0.15, 0.2) is 0 Å². The van der Waals surface area contributed by atoms with Crippen molar-refractivity contribution >= 4 is 0 Å². The van der Waals surface area contributed by atoms with Crippen LogP contribution in [0, 0.1) is 11.3 Å². The number of aliphatic hydroxyl groups is 1. The Hall–Kier alpha value is -0.0800. The minimum Gasteiger partial charge on any atom is -0.393 e. The van der Waals surface area contributed by atoms with E-state index in [4.69, 9.17) is 5.73 Å². The normalized spacial score (nSPS) is 44.7. The molecule has 2 nitrogen and oxygen atoms in total. The van der Waals surface area contributed by atoms with E-state index in [0.717, 1.165) is 6.42 Å². The van der Waals surface area contributed by atoms with Crippen LogP contribution in [0.1, 0.15) is 20.3 Å². The van der Waals surface area contributed by atoms with Gasteiger partial charge in [0, 0.05) is 12.0 Å². The molecule has 9 heavy (non-hydrogen) atoms. The molecule has 1 rings (SSSR count). The number of rotatable bonds is 2. The van der Waals surface area contributed by atoms with Crippen molar-refractivity contribution in [3.8, 4) is 0 Å². The van der Waals surface area contributed by atoms with Gasteiger partial charge in [-0.05, 0) is 19.3 Å². The molecule has 0 radical (unpaired) electrons. The molecule has 0 aromatic heterocycles. The summed E-state index contributed by atoms with van der Waals surface area (Å²) in [6, 6.07) is 0. The Kier molecular flexibility index (Phi) is 1.53. The van der Waals surface area contributed by atoms with Gasteiger partial charge in [0.05, 0.1) is 6.10 Å². The Bertz CT molecular complexity index is 109. The predicted molar refractivity (Wildman–Crippen MR) is 36.9 cm³/mol. The number of hydrogen-bond donors (Lipinski definition) is 2. The average molecular weight is 129 g/mol. The van der Waals surface area contributed by atoms with Gasteiger partial charge in [-0.15, -0.1) is 0 Å². The zero-order valence-electron chi connectivity index (χ0n) is 6.09. The van der Waals surface area contributed by atoms with Gasteiger partial charge in [-0.3, -0.25) is 0 Å². The van der Waals surface area contributed by atoms with Crippen LogP contribution in [0.15, 0.2) is 0 Å². The molecule has 0 amide bonds. The first-order valence-corrected chi connectivity index (χ1v) is 3.51. The summed E-state index contributed by atoms with van der Waals surface area (Å²) in [4.78, 5) is 0. The lowest BCUT2D eigenvalue weighted by atomic mass is 9.98. The van der Waals surface area contributed by atoms with Crippen molar-refractivity contribution in [1.29, 1.82) is 0 Å². The maximum Gasteiger partial charge on any atom is 0.0583 e. The van der Waals surface area contributed by atoms with Gasteiger partial charge in [-0.1, -0.05) is 6.92 Å². The highest BCUT2D eigenvalue weighted by Crippen LogP contribution is 2.53. The molecular formula is C7H15NO. The fraction of sp³-hybridized carbons (Fsp3) is 1.00. The summed E-state index contributed by atoms with van der Waals surface area (Å²) >= 11 is 0. The van der Waals surface area contributed by atoms with E-state index < -0.39 is 0 Å². The van der Waals surface area contributed by atoms with Crippen LogP contribution in [-0.4, -0.2) is 17.8 Å². The van der Waals surface area contributed by atoms with E-state index in [1.807, 2.05) is 6.92 Å². The van der Waals surface area contributed by atoms with Crippen LogP contribution in [0.5, 0.6) is 0 Å². The molecule has 1 fully saturated rings.